The highest BCUT2D eigenvalue weighted by Crippen LogP contribution is 2.42. The van der Waals surface area contributed by atoms with Crippen molar-refractivity contribution in [3.05, 3.63) is 107 Å². The van der Waals surface area contributed by atoms with Gasteiger partial charge >= 0.3 is 0 Å². The zero-order valence-corrected chi connectivity index (χ0v) is 15.0. The maximum Gasteiger partial charge on any atom is 0.300 e. The van der Waals surface area contributed by atoms with Gasteiger partial charge in [0.2, 0.25) is 0 Å². The summed E-state index contributed by atoms with van der Waals surface area (Å²) in [4.78, 5) is 26.9. The Kier molecular flexibility index (Phi) is 4.68. The number of rotatable bonds is 3. The van der Waals surface area contributed by atoms with Gasteiger partial charge in [0.25, 0.3) is 11.7 Å². The number of aliphatic hydroxyl groups excluding tert-OH is 1. The van der Waals surface area contributed by atoms with Gasteiger partial charge in [-0.1, -0.05) is 30.3 Å². The number of Topliss-reactive ketones (excluding diaryl/α,β-unsaturated/α-hetero) is 1. The summed E-state index contributed by atoms with van der Waals surface area (Å²) >= 11 is 0. The van der Waals surface area contributed by atoms with Crippen molar-refractivity contribution in [3.8, 4) is 0 Å². The summed E-state index contributed by atoms with van der Waals surface area (Å²) in [7, 11) is 0. The Morgan fingerprint density at radius 3 is 1.93 bits per heavy atom. The molecule has 0 bridgehead atoms. The molecule has 1 amide bonds. The Hall–Kier alpha value is -3.80. The van der Waals surface area contributed by atoms with E-state index in [0.29, 0.717) is 11.3 Å². The monoisotopic (exact) mass is 391 g/mol. The lowest BCUT2D eigenvalue weighted by Gasteiger charge is -2.25. The summed E-state index contributed by atoms with van der Waals surface area (Å²) in [5.74, 6) is -3.08. The van der Waals surface area contributed by atoms with Crippen molar-refractivity contribution in [2.45, 2.75) is 6.04 Å². The van der Waals surface area contributed by atoms with E-state index in [1.807, 2.05) is 0 Å². The van der Waals surface area contributed by atoms with Crippen molar-refractivity contribution in [2.24, 2.45) is 0 Å². The minimum absolute atomic E-state index is 0.114. The highest BCUT2D eigenvalue weighted by molar-refractivity contribution is 6.51. The molecule has 1 aliphatic heterocycles. The van der Waals surface area contributed by atoms with E-state index in [2.05, 4.69) is 0 Å². The Balaban J connectivity index is 1.93. The van der Waals surface area contributed by atoms with Gasteiger partial charge in [0, 0.05) is 11.3 Å². The molecule has 1 saturated heterocycles. The minimum Gasteiger partial charge on any atom is -0.507 e. The molecule has 144 valence electrons. The Bertz CT molecular complexity index is 1110. The molecule has 0 aromatic heterocycles. The normalized spacial score (nSPS) is 18.3. The van der Waals surface area contributed by atoms with Crippen LogP contribution in [-0.4, -0.2) is 16.8 Å². The van der Waals surface area contributed by atoms with Crippen LogP contribution in [0.25, 0.3) is 5.76 Å². The zero-order chi connectivity index (χ0) is 20.5. The molecule has 1 fully saturated rings. The zero-order valence-electron chi connectivity index (χ0n) is 15.0. The van der Waals surface area contributed by atoms with Crippen molar-refractivity contribution < 1.29 is 23.5 Å². The number of nitrogens with zero attached hydrogens (tertiary/aromatic N) is 1. The van der Waals surface area contributed by atoms with Crippen molar-refractivity contribution in [1.82, 2.24) is 0 Å². The number of ketones is 1. The van der Waals surface area contributed by atoms with E-state index in [0.717, 1.165) is 12.1 Å². The standard InChI is InChI=1S/C23H15F2NO3/c24-16-8-6-15(7-9-16)21(27)19-20(14-4-2-1-3-5-14)26(23(29)22(19)28)18-12-10-17(25)11-13-18/h1-13,20,27H/b21-19+. The van der Waals surface area contributed by atoms with Crippen LogP contribution in [0, 0.1) is 11.6 Å². The van der Waals surface area contributed by atoms with Gasteiger partial charge in [-0.2, -0.15) is 0 Å². The van der Waals surface area contributed by atoms with Crippen LogP contribution >= 0.6 is 0 Å². The third kappa shape index (κ3) is 3.29. The summed E-state index contributed by atoms with van der Waals surface area (Å²) in [6.07, 6.45) is 0. The molecule has 1 aliphatic rings. The molecule has 6 heteroatoms. The maximum absolute atomic E-state index is 13.4. The summed E-state index contributed by atoms with van der Waals surface area (Å²) in [5.41, 5.74) is 1.02. The summed E-state index contributed by atoms with van der Waals surface area (Å²) < 4.78 is 26.6. The largest absolute Gasteiger partial charge is 0.507 e. The first-order valence-corrected chi connectivity index (χ1v) is 8.85. The highest BCUT2D eigenvalue weighted by atomic mass is 19.1. The second kappa shape index (κ2) is 7.31. The van der Waals surface area contributed by atoms with Gasteiger partial charge in [0.1, 0.15) is 17.4 Å². The molecule has 4 nitrogen and oxygen atoms in total. The molecule has 1 atom stereocenters. The van der Waals surface area contributed by atoms with Gasteiger partial charge in [-0.3, -0.25) is 14.5 Å². The van der Waals surface area contributed by atoms with Gasteiger partial charge in [-0.25, -0.2) is 8.78 Å². The van der Waals surface area contributed by atoms with Crippen LogP contribution in [0.2, 0.25) is 0 Å². The van der Waals surface area contributed by atoms with Crippen LogP contribution in [0.15, 0.2) is 84.4 Å². The third-order valence-electron chi connectivity index (χ3n) is 4.78. The highest BCUT2D eigenvalue weighted by Gasteiger charge is 2.46. The predicted molar refractivity (Wildman–Crippen MR) is 104 cm³/mol. The van der Waals surface area contributed by atoms with E-state index in [1.54, 1.807) is 30.3 Å². The molecule has 0 saturated carbocycles. The predicted octanol–water partition coefficient (Wildman–Crippen LogP) is 4.59. The molecule has 0 radical (unpaired) electrons. The number of anilines is 1. The van der Waals surface area contributed by atoms with E-state index in [9.17, 15) is 23.5 Å². The van der Waals surface area contributed by atoms with E-state index in [-0.39, 0.29) is 11.1 Å². The van der Waals surface area contributed by atoms with Crippen LogP contribution in [0.1, 0.15) is 17.2 Å². The minimum atomic E-state index is -0.910. The van der Waals surface area contributed by atoms with E-state index >= 15 is 0 Å². The first kappa shape index (κ1) is 18.6. The molecule has 1 unspecified atom stereocenters. The van der Waals surface area contributed by atoms with Gasteiger partial charge in [-0.05, 0) is 54.1 Å². The van der Waals surface area contributed by atoms with Gasteiger partial charge < -0.3 is 5.11 Å². The molecule has 1 heterocycles. The summed E-state index contributed by atoms with van der Waals surface area (Å²) in [5, 5.41) is 10.8. The van der Waals surface area contributed by atoms with Crippen molar-refractivity contribution in [3.63, 3.8) is 0 Å². The third-order valence-corrected chi connectivity index (χ3v) is 4.78. The topological polar surface area (TPSA) is 57.6 Å². The average molecular weight is 391 g/mol. The fraction of sp³-hybridized carbons (Fsp3) is 0.0435. The van der Waals surface area contributed by atoms with E-state index in [4.69, 9.17) is 0 Å². The molecule has 4 rings (SSSR count). The molecule has 3 aromatic carbocycles. The first-order chi connectivity index (χ1) is 14.0. The number of carbonyl (C=O) groups excluding carboxylic acids is 2. The molecular weight excluding hydrogens is 376 g/mol. The second-order valence-electron chi connectivity index (χ2n) is 6.56. The van der Waals surface area contributed by atoms with E-state index < -0.39 is 35.1 Å². The lowest BCUT2D eigenvalue weighted by atomic mass is 9.95. The van der Waals surface area contributed by atoms with Crippen LogP contribution in [0.5, 0.6) is 0 Å². The van der Waals surface area contributed by atoms with Gasteiger partial charge in [0.15, 0.2) is 0 Å². The Morgan fingerprint density at radius 1 is 0.793 bits per heavy atom. The molecule has 3 aromatic rings. The lowest BCUT2D eigenvalue weighted by molar-refractivity contribution is -0.132. The number of benzene rings is 3. The van der Waals surface area contributed by atoms with Gasteiger partial charge in [0.05, 0.1) is 11.6 Å². The smallest absolute Gasteiger partial charge is 0.300 e. The summed E-state index contributed by atoms with van der Waals surface area (Å²) in [6.45, 7) is 0. The number of carbonyl (C=O) groups is 2. The number of hydrogen-bond donors (Lipinski definition) is 1. The lowest BCUT2D eigenvalue weighted by Crippen LogP contribution is -2.29. The number of halogens is 2. The molecule has 0 spiro atoms. The summed E-state index contributed by atoms with van der Waals surface area (Å²) in [6, 6.07) is 18.0. The number of amides is 1. The SMILES string of the molecule is O=C1C(=O)N(c2ccc(F)cc2)C(c2ccccc2)/C1=C(\O)c1ccc(F)cc1. The maximum atomic E-state index is 13.4. The van der Waals surface area contributed by atoms with Crippen LogP contribution in [-0.2, 0) is 9.59 Å². The average Bonchev–Trinajstić information content (AvgIpc) is 3.00. The number of hydrogen-bond acceptors (Lipinski definition) is 3. The quantitative estimate of drug-likeness (QED) is 0.404. The van der Waals surface area contributed by atoms with Crippen LogP contribution in [0.3, 0.4) is 0 Å². The fourth-order valence-corrected chi connectivity index (χ4v) is 3.41. The van der Waals surface area contributed by atoms with E-state index in [1.165, 1.54) is 41.3 Å². The number of aliphatic hydroxyl groups is 1. The van der Waals surface area contributed by atoms with Crippen molar-refractivity contribution in [1.29, 1.82) is 0 Å². The molecular formula is C23H15F2NO3. The second-order valence-corrected chi connectivity index (χ2v) is 6.56. The first-order valence-electron chi connectivity index (χ1n) is 8.85. The van der Waals surface area contributed by atoms with Crippen molar-refractivity contribution in [2.75, 3.05) is 4.90 Å². The molecule has 1 N–H and O–H groups in total. The fourth-order valence-electron chi connectivity index (χ4n) is 3.41. The van der Waals surface area contributed by atoms with Crippen LogP contribution < -0.4 is 4.90 Å². The van der Waals surface area contributed by atoms with Gasteiger partial charge in [-0.15, -0.1) is 0 Å². The Labute approximate surface area is 165 Å². The Morgan fingerprint density at radius 2 is 1.34 bits per heavy atom. The van der Waals surface area contributed by atoms with Crippen LogP contribution in [0.4, 0.5) is 14.5 Å². The molecule has 0 aliphatic carbocycles. The molecule has 29 heavy (non-hydrogen) atoms. The van der Waals surface area contributed by atoms with Crippen molar-refractivity contribution >= 4 is 23.1 Å².